The molecule has 0 radical (unpaired) electrons. The van der Waals surface area contributed by atoms with Crippen molar-refractivity contribution in [3.63, 3.8) is 0 Å². The van der Waals surface area contributed by atoms with Crippen LogP contribution in [0.4, 0.5) is 0 Å². The van der Waals surface area contributed by atoms with Crippen molar-refractivity contribution in [1.29, 1.82) is 0 Å². The fourth-order valence-electron chi connectivity index (χ4n) is 11.0. The van der Waals surface area contributed by atoms with Gasteiger partial charge in [0.25, 0.3) is 6.33 Å². The molecule has 0 aliphatic heterocycles. The normalized spacial score (nSPS) is 12.3. The van der Waals surface area contributed by atoms with Crippen molar-refractivity contribution in [2.24, 2.45) is 0 Å². The fourth-order valence-corrected chi connectivity index (χ4v) is 11.0. The van der Waals surface area contributed by atoms with E-state index < -0.39 is 0 Å². The van der Waals surface area contributed by atoms with Crippen LogP contribution in [0, 0.1) is 6.92 Å². The third-order valence-electron chi connectivity index (χ3n) is 15.0. The van der Waals surface area contributed by atoms with E-state index in [-0.39, 0.29) is 16.2 Å². The fraction of sp³-hybridized carbons (Fsp3) is 0.186. The van der Waals surface area contributed by atoms with E-state index in [1.165, 1.54) is 16.7 Å². The third-order valence-corrected chi connectivity index (χ3v) is 15.0. The number of para-hydroxylation sites is 4. The summed E-state index contributed by atoms with van der Waals surface area (Å²) in [4.78, 5) is 21.6. The van der Waals surface area contributed by atoms with Crippen molar-refractivity contribution in [3.05, 3.63) is 229 Å². The van der Waals surface area contributed by atoms with Crippen molar-refractivity contribution < 1.29 is 4.57 Å². The predicted octanol–water partition coefficient (Wildman–Crippen LogP) is 17.1. The number of nitrogens with zero attached hydrogens (tertiary/aromatic N) is 7. The van der Waals surface area contributed by atoms with E-state index in [1.54, 1.807) is 0 Å². The molecule has 0 unspecified atom stereocenters. The minimum absolute atomic E-state index is 0.0814. The van der Waals surface area contributed by atoms with Gasteiger partial charge in [-0.3, -0.25) is 4.57 Å². The van der Waals surface area contributed by atoms with Gasteiger partial charge in [-0.25, -0.2) is 19.9 Å². The van der Waals surface area contributed by atoms with Crippen LogP contribution in [0.25, 0.3) is 106 Å². The van der Waals surface area contributed by atoms with Crippen LogP contribution in [0.1, 0.15) is 84.6 Å². The zero-order valence-electron chi connectivity index (χ0n) is 45.8. The van der Waals surface area contributed by atoms with Gasteiger partial charge in [-0.15, -0.1) is 0 Å². The summed E-state index contributed by atoms with van der Waals surface area (Å²) in [5.74, 6) is 2.71. The van der Waals surface area contributed by atoms with Crippen LogP contribution < -0.4 is 4.57 Å². The molecule has 0 saturated carbocycles. The van der Waals surface area contributed by atoms with Gasteiger partial charge in [0.05, 0.1) is 11.0 Å². The Kier molecular flexibility index (Phi) is 12.0. The Morgan fingerprint density at radius 3 is 1.60 bits per heavy atom. The highest BCUT2D eigenvalue weighted by atomic mass is 15.1. The van der Waals surface area contributed by atoms with Gasteiger partial charge in [0, 0.05) is 44.8 Å². The van der Waals surface area contributed by atoms with Crippen molar-refractivity contribution in [2.75, 3.05) is 0 Å². The first kappa shape index (κ1) is 49.1. The first-order valence-corrected chi connectivity index (χ1v) is 26.8. The molecule has 0 bridgehead atoms. The monoisotopic (exact) mass is 1000 g/mol. The Labute approximate surface area is 452 Å². The van der Waals surface area contributed by atoms with Crippen LogP contribution >= 0.6 is 0 Å². The molecule has 77 heavy (non-hydrogen) atoms. The largest absolute Gasteiger partial charge is 0.294 e. The van der Waals surface area contributed by atoms with Gasteiger partial charge >= 0.3 is 0 Å². The van der Waals surface area contributed by atoms with Gasteiger partial charge in [-0.05, 0) is 105 Å². The predicted molar refractivity (Wildman–Crippen MR) is 318 cm³/mol. The summed E-state index contributed by atoms with van der Waals surface area (Å²) in [5, 5.41) is 2.30. The maximum absolute atomic E-state index is 5.60. The average Bonchev–Trinajstić information content (AvgIpc) is 4.00. The van der Waals surface area contributed by atoms with Crippen LogP contribution in [-0.4, -0.2) is 29.1 Å². The topological polar surface area (TPSA) is 65.3 Å². The summed E-state index contributed by atoms with van der Waals surface area (Å²) in [7, 11) is 0. The second-order valence-corrected chi connectivity index (χ2v) is 23.6. The van der Waals surface area contributed by atoms with Crippen molar-refractivity contribution >= 4 is 32.8 Å². The molecule has 12 rings (SSSR count). The number of aryl methyl sites for hydroxylation is 1. The van der Waals surface area contributed by atoms with E-state index in [0.717, 1.165) is 94.5 Å². The molecule has 4 heterocycles. The smallest absolute Gasteiger partial charge is 0.255 e. The SMILES string of the molecule is Cc1ccnc(-n2c3ccccc3c3ccc(-c4nc(-c5cccc(-n6c[n+](-c7c(-c8ccccc8)cccc7-c7ccccc7)c7ccccc76)c5)nc(-c5c(C(C)(C)C)cc(C(C)(C)C)cc5C(C)(C)C)n4)cc32)c1. The lowest BCUT2D eigenvalue weighted by atomic mass is 9.72. The summed E-state index contributed by atoms with van der Waals surface area (Å²) in [5.41, 5.74) is 18.1. The van der Waals surface area contributed by atoms with Crippen molar-refractivity contribution in [1.82, 2.24) is 29.1 Å². The van der Waals surface area contributed by atoms with Crippen LogP contribution in [0.5, 0.6) is 0 Å². The highest BCUT2D eigenvalue weighted by molar-refractivity contribution is 6.10. The van der Waals surface area contributed by atoms with Crippen LogP contribution in [0.3, 0.4) is 0 Å². The maximum atomic E-state index is 5.60. The summed E-state index contributed by atoms with van der Waals surface area (Å²) in [6.07, 6.45) is 4.13. The summed E-state index contributed by atoms with van der Waals surface area (Å²) in [6.45, 7) is 22.8. The van der Waals surface area contributed by atoms with Gasteiger partial charge in [0.15, 0.2) is 28.5 Å². The third kappa shape index (κ3) is 8.99. The second kappa shape index (κ2) is 18.8. The zero-order chi connectivity index (χ0) is 53.4. The first-order chi connectivity index (χ1) is 37.0. The lowest BCUT2D eigenvalue weighted by Crippen LogP contribution is -2.30. The lowest BCUT2D eigenvalue weighted by molar-refractivity contribution is -0.566. The highest BCUT2D eigenvalue weighted by Gasteiger charge is 2.32. The highest BCUT2D eigenvalue weighted by Crippen LogP contribution is 2.44. The molecule has 7 nitrogen and oxygen atoms in total. The van der Waals surface area contributed by atoms with Crippen molar-refractivity contribution in [3.8, 4) is 73.6 Å². The summed E-state index contributed by atoms with van der Waals surface area (Å²) < 4.78 is 6.92. The quantitative estimate of drug-likeness (QED) is 0.142. The van der Waals surface area contributed by atoms with Gasteiger partial charge in [-0.1, -0.05) is 208 Å². The molecule has 4 aromatic heterocycles. The molecule has 12 aromatic rings. The zero-order valence-corrected chi connectivity index (χ0v) is 45.8. The van der Waals surface area contributed by atoms with Gasteiger partial charge in [0.1, 0.15) is 17.2 Å². The first-order valence-electron chi connectivity index (χ1n) is 26.8. The lowest BCUT2D eigenvalue weighted by Gasteiger charge is -2.33. The number of rotatable bonds is 8. The standard InChI is InChI=1S/C70H64N7/c1-45-37-38-71-62(39-45)77-58-32-18-17-29-54(58)55-36-35-49(41-61(55)77)66-72-65(73-67(74-66)63-56(69(5,6)7)42-50(68(2,3)4)43-57(63)70(8,9)10)48-27-21-28-51(40-48)75-44-76(60-34-20-19-33-59(60)75)64-52(46-23-13-11-14-24-46)30-22-31-53(64)47-25-15-12-16-26-47/h11-44H,1-10H3/q+1. The number of fused-ring (bicyclic) bond motifs is 4. The Balaban J connectivity index is 1.10. The van der Waals surface area contributed by atoms with Gasteiger partial charge in [0.2, 0.25) is 0 Å². The number of pyridine rings is 1. The molecular weight excluding hydrogens is 939 g/mol. The molecule has 0 atom stereocenters. The van der Waals surface area contributed by atoms with E-state index in [4.69, 9.17) is 19.9 Å². The van der Waals surface area contributed by atoms with Crippen LogP contribution in [-0.2, 0) is 16.2 Å². The number of aromatic nitrogens is 7. The van der Waals surface area contributed by atoms with E-state index in [0.29, 0.717) is 17.5 Å². The van der Waals surface area contributed by atoms with E-state index in [2.05, 4.69) is 277 Å². The number of hydrogen-bond donors (Lipinski definition) is 0. The number of hydrogen-bond acceptors (Lipinski definition) is 4. The van der Waals surface area contributed by atoms with Gasteiger partial charge in [-0.2, -0.15) is 9.13 Å². The van der Waals surface area contributed by atoms with Gasteiger partial charge < -0.3 is 0 Å². The molecule has 0 saturated heterocycles. The molecule has 378 valence electrons. The van der Waals surface area contributed by atoms with E-state index >= 15 is 0 Å². The molecular formula is C70H64N7+. The van der Waals surface area contributed by atoms with E-state index in [9.17, 15) is 0 Å². The molecule has 0 amide bonds. The summed E-state index contributed by atoms with van der Waals surface area (Å²) in [6, 6.07) is 69.5. The minimum Gasteiger partial charge on any atom is -0.294 e. The number of benzene rings is 8. The number of imidazole rings is 1. The Hall–Kier alpha value is -8.81. The Morgan fingerprint density at radius 2 is 0.974 bits per heavy atom. The molecule has 8 aromatic carbocycles. The van der Waals surface area contributed by atoms with Crippen molar-refractivity contribution in [2.45, 2.75) is 85.5 Å². The van der Waals surface area contributed by atoms with Crippen LogP contribution in [0.15, 0.2) is 207 Å². The van der Waals surface area contributed by atoms with Crippen LogP contribution in [0.2, 0.25) is 0 Å². The Morgan fingerprint density at radius 1 is 0.429 bits per heavy atom. The summed E-state index contributed by atoms with van der Waals surface area (Å²) >= 11 is 0. The van der Waals surface area contributed by atoms with E-state index in [1.807, 2.05) is 12.3 Å². The molecule has 0 fully saturated rings. The molecule has 0 aliphatic carbocycles. The minimum atomic E-state index is -0.242. The Bertz CT molecular complexity index is 4120. The molecule has 7 heteroatoms. The second-order valence-electron chi connectivity index (χ2n) is 23.6. The molecule has 0 aliphatic rings. The maximum Gasteiger partial charge on any atom is 0.255 e. The average molecular weight is 1000 g/mol. The molecule has 0 spiro atoms. The molecule has 0 N–H and O–H groups in total.